The van der Waals surface area contributed by atoms with E-state index in [-0.39, 0.29) is 29.6 Å². The number of unbranched alkanes of at least 4 members (excludes halogenated alkanes) is 2. The van der Waals surface area contributed by atoms with Crippen molar-refractivity contribution in [2.75, 3.05) is 19.0 Å². The third-order valence-electron chi connectivity index (χ3n) is 4.95. The molecule has 2 aromatic carbocycles. The minimum Gasteiger partial charge on any atom is -0.497 e. The average molecular weight is 486 g/mol. The lowest BCUT2D eigenvalue weighted by atomic mass is 10.1. The first-order valence-corrected chi connectivity index (χ1v) is 11.5. The van der Waals surface area contributed by atoms with Crippen molar-refractivity contribution in [3.8, 4) is 5.75 Å². The number of carbonyl (C=O) groups excluding carboxylic acids is 2. The molecule has 0 radical (unpaired) electrons. The predicted octanol–water partition coefficient (Wildman–Crippen LogP) is 5.00. The molecule has 3 rings (SSSR count). The van der Waals surface area contributed by atoms with Crippen LogP contribution in [0.25, 0.3) is 6.08 Å². The predicted molar refractivity (Wildman–Crippen MR) is 133 cm³/mol. The van der Waals surface area contributed by atoms with E-state index in [9.17, 15) is 19.7 Å². The lowest BCUT2D eigenvalue weighted by Crippen LogP contribution is -2.29. The number of rotatable bonds is 10. The zero-order valence-electron chi connectivity index (χ0n) is 18.0. The Labute approximate surface area is 201 Å². The molecule has 1 saturated heterocycles. The molecule has 0 aromatic heterocycles. The van der Waals surface area contributed by atoms with Crippen LogP contribution in [-0.2, 0) is 9.59 Å². The van der Waals surface area contributed by atoms with Crippen molar-refractivity contribution in [2.45, 2.75) is 25.7 Å². The Hall–Kier alpha value is -3.24. The minimum absolute atomic E-state index is 0.116. The van der Waals surface area contributed by atoms with Crippen LogP contribution < -0.4 is 10.1 Å². The zero-order valence-corrected chi connectivity index (χ0v) is 19.6. The maximum Gasteiger partial charge on any atom is 0.292 e. The van der Waals surface area contributed by atoms with Gasteiger partial charge in [-0.25, -0.2) is 0 Å². The average Bonchev–Trinajstić information content (AvgIpc) is 3.06. The minimum atomic E-state index is -0.527. The Morgan fingerprint density at radius 2 is 1.91 bits per heavy atom. The highest BCUT2D eigenvalue weighted by atomic mass is 32.2. The van der Waals surface area contributed by atoms with Gasteiger partial charge in [-0.1, -0.05) is 54.7 Å². The second kappa shape index (κ2) is 11.6. The lowest BCUT2D eigenvalue weighted by molar-refractivity contribution is -0.383. The molecule has 33 heavy (non-hydrogen) atoms. The number of carbonyl (C=O) groups is 2. The van der Waals surface area contributed by atoms with Gasteiger partial charge in [0.25, 0.3) is 11.6 Å². The van der Waals surface area contributed by atoms with Crippen molar-refractivity contribution in [2.24, 2.45) is 0 Å². The highest BCUT2D eigenvalue weighted by molar-refractivity contribution is 8.26. The van der Waals surface area contributed by atoms with E-state index in [0.717, 1.165) is 17.7 Å². The number of benzene rings is 2. The molecular weight excluding hydrogens is 462 g/mol. The Bertz CT molecular complexity index is 1090. The quantitative estimate of drug-likeness (QED) is 0.166. The SMILES string of the molecule is COc1ccc(/C=C2\SC(=S)N(CCCCCC(=O)Nc3ccccc3[N+](=O)[O-])C2=O)cc1. The molecule has 0 atom stereocenters. The fourth-order valence-electron chi connectivity index (χ4n) is 3.23. The van der Waals surface area contributed by atoms with Crippen LogP contribution in [0.1, 0.15) is 31.2 Å². The molecule has 10 heteroatoms. The smallest absolute Gasteiger partial charge is 0.292 e. The van der Waals surface area contributed by atoms with Crippen molar-refractivity contribution < 1.29 is 19.2 Å². The standard InChI is InChI=1S/C23H23N3O5S2/c1-31-17-12-10-16(11-13-17)15-20-22(28)25(23(32)33-20)14-6-2-3-9-21(27)24-18-7-4-5-8-19(18)26(29)30/h4-5,7-8,10-13,15H,2-3,6,9,14H2,1H3,(H,24,27)/b20-15-. The summed E-state index contributed by atoms with van der Waals surface area (Å²) in [6.07, 6.45) is 4.07. The number of methoxy groups -OCH3 is 1. The first-order chi connectivity index (χ1) is 15.9. The second-order valence-electron chi connectivity index (χ2n) is 7.24. The molecule has 1 aliphatic heterocycles. The molecule has 0 unspecified atom stereocenters. The summed E-state index contributed by atoms with van der Waals surface area (Å²) >= 11 is 6.64. The summed E-state index contributed by atoms with van der Waals surface area (Å²) in [6, 6.07) is 13.5. The van der Waals surface area contributed by atoms with Gasteiger partial charge in [0.15, 0.2) is 0 Å². The van der Waals surface area contributed by atoms with Crippen LogP contribution in [0.15, 0.2) is 53.4 Å². The summed E-state index contributed by atoms with van der Waals surface area (Å²) < 4.78 is 5.67. The second-order valence-corrected chi connectivity index (χ2v) is 8.92. The van der Waals surface area contributed by atoms with Crippen LogP contribution in [-0.4, -0.2) is 39.6 Å². The fourth-order valence-corrected chi connectivity index (χ4v) is 4.54. The third-order valence-corrected chi connectivity index (χ3v) is 6.33. The third kappa shape index (κ3) is 6.62. The summed E-state index contributed by atoms with van der Waals surface area (Å²) in [5, 5.41) is 13.6. The maximum atomic E-state index is 12.7. The van der Waals surface area contributed by atoms with E-state index in [2.05, 4.69) is 5.32 Å². The van der Waals surface area contributed by atoms with Crippen LogP contribution in [0.4, 0.5) is 11.4 Å². The number of amides is 2. The number of nitrogens with zero attached hydrogens (tertiary/aromatic N) is 2. The number of nitro groups is 1. The van der Waals surface area contributed by atoms with Crippen LogP contribution >= 0.6 is 24.0 Å². The molecule has 8 nitrogen and oxygen atoms in total. The van der Waals surface area contributed by atoms with E-state index >= 15 is 0 Å². The number of hydrogen-bond acceptors (Lipinski definition) is 7. The number of ether oxygens (including phenoxy) is 1. The molecular formula is C23H23N3O5S2. The van der Waals surface area contributed by atoms with Gasteiger partial charge in [0, 0.05) is 19.0 Å². The summed E-state index contributed by atoms with van der Waals surface area (Å²) in [6.45, 7) is 0.483. The number of anilines is 1. The van der Waals surface area contributed by atoms with Gasteiger partial charge in [-0.05, 0) is 42.7 Å². The highest BCUT2D eigenvalue weighted by Gasteiger charge is 2.31. The van der Waals surface area contributed by atoms with E-state index in [0.29, 0.717) is 28.6 Å². The van der Waals surface area contributed by atoms with Crippen molar-refractivity contribution in [3.05, 3.63) is 69.1 Å². The molecule has 0 spiro atoms. The van der Waals surface area contributed by atoms with E-state index < -0.39 is 4.92 Å². The van der Waals surface area contributed by atoms with Crippen molar-refractivity contribution in [1.29, 1.82) is 0 Å². The Kier molecular flexibility index (Phi) is 8.56. The zero-order chi connectivity index (χ0) is 23.8. The van der Waals surface area contributed by atoms with Gasteiger partial charge in [0.05, 0.1) is 16.9 Å². The van der Waals surface area contributed by atoms with Crippen LogP contribution in [0.5, 0.6) is 5.75 Å². The first kappa shape index (κ1) is 24.4. The van der Waals surface area contributed by atoms with Gasteiger partial charge in [-0.2, -0.15) is 0 Å². The number of nitro benzene ring substituents is 1. The molecule has 2 aromatic rings. The Morgan fingerprint density at radius 1 is 1.18 bits per heavy atom. The van der Waals surface area contributed by atoms with Gasteiger partial charge in [0.2, 0.25) is 5.91 Å². The lowest BCUT2D eigenvalue weighted by Gasteiger charge is -2.14. The van der Waals surface area contributed by atoms with E-state index in [1.165, 1.54) is 23.9 Å². The van der Waals surface area contributed by atoms with E-state index in [4.69, 9.17) is 17.0 Å². The van der Waals surface area contributed by atoms with Crippen molar-refractivity contribution in [3.63, 3.8) is 0 Å². The number of nitrogens with one attached hydrogen (secondary N) is 1. The summed E-state index contributed by atoms with van der Waals surface area (Å²) in [7, 11) is 1.60. The van der Waals surface area contributed by atoms with Crippen molar-refractivity contribution >= 4 is 57.6 Å². The van der Waals surface area contributed by atoms with Gasteiger partial charge in [0.1, 0.15) is 15.8 Å². The van der Waals surface area contributed by atoms with E-state index in [1.54, 1.807) is 24.1 Å². The molecule has 1 N–H and O–H groups in total. The van der Waals surface area contributed by atoms with Gasteiger partial charge < -0.3 is 10.1 Å². The summed E-state index contributed by atoms with van der Waals surface area (Å²) in [4.78, 5) is 37.5. The Morgan fingerprint density at radius 3 is 2.61 bits per heavy atom. The first-order valence-electron chi connectivity index (χ1n) is 10.3. The normalized spacial score (nSPS) is 14.6. The van der Waals surface area contributed by atoms with Crippen LogP contribution in [0.3, 0.4) is 0 Å². The molecule has 1 fully saturated rings. The topological polar surface area (TPSA) is 102 Å². The number of thioether (sulfide) groups is 1. The molecule has 0 bridgehead atoms. The van der Waals surface area contributed by atoms with Gasteiger partial charge in [-0.3, -0.25) is 24.6 Å². The molecule has 0 aliphatic carbocycles. The number of thiocarbonyl (C=S) groups is 1. The molecule has 0 saturated carbocycles. The number of hydrogen-bond donors (Lipinski definition) is 1. The summed E-state index contributed by atoms with van der Waals surface area (Å²) in [5.41, 5.74) is 0.942. The number of para-hydroxylation sites is 2. The van der Waals surface area contributed by atoms with Crippen LogP contribution in [0, 0.1) is 10.1 Å². The largest absolute Gasteiger partial charge is 0.497 e. The van der Waals surface area contributed by atoms with E-state index in [1.807, 2.05) is 30.3 Å². The highest BCUT2D eigenvalue weighted by Crippen LogP contribution is 2.33. The van der Waals surface area contributed by atoms with Gasteiger partial charge >= 0.3 is 0 Å². The molecule has 172 valence electrons. The van der Waals surface area contributed by atoms with Crippen LogP contribution in [0.2, 0.25) is 0 Å². The Balaban J connectivity index is 1.43. The monoisotopic (exact) mass is 485 g/mol. The molecule has 1 aliphatic rings. The molecule has 2 amide bonds. The van der Waals surface area contributed by atoms with Crippen molar-refractivity contribution in [1.82, 2.24) is 4.90 Å². The summed E-state index contributed by atoms with van der Waals surface area (Å²) in [5.74, 6) is 0.350. The molecule has 1 heterocycles. The van der Waals surface area contributed by atoms with Gasteiger partial charge in [-0.15, -0.1) is 0 Å². The maximum absolute atomic E-state index is 12.7. The fraction of sp³-hybridized carbons (Fsp3) is 0.261.